The molecule has 5 aliphatic rings. The molecule has 7 aromatic rings. The summed E-state index contributed by atoms with van der Waals surface area (Å²) in [7, 11) is 1.75. The number of imide groups is 1. The number of fused-ring (bicyclic) bond motifs is 1. The number of thiazole rings is 1. The largest absolute Gasteiger partial charge is 0.490 e. The van der Waals surface area contributed by atoms with E-state index in [4.69, 9.17) is 48.1 Å². The van der Waals surface area contributed by atoms with Crippen LogP contribution in [0.25, 0.3) is 10.4 Å². The predicted octanol–water partition coefficient (Wildman–Crippen LogP) is 15.4. The van der Waals surface area contributed by atoms with Gasteiger partial charge < -0.3 is 60.4 Å². The first-order valence-corrected chi connectivity index (χ1v) is 45.9. The van der Waals surface area contributed by atoms with Gasteiger partial charge in [-0.3, -0.25) is 53.6 Å². The molecule has 6 heterocycles. The minimum Gasteiger partial charge on any atom is -0.490 e. The van der Waals surface area contributed by atoms with E-state index in [0.29, 0.717) is 83.8 Å². The summed E-state index contributed by atoms with van der Waals surface area (Å²) >= 11 is 14.2. The molecule has 0 spiro atoms. The van der Waals surface area contributed by atoms with Crippen molar-refractivity contribution in [3.63, 3.8) is 0 Å². The lowest BCUT2D eigenvalue weighted by Gasteiger charge is -2.37. The van der Waals surface area contributed by atoms with Crippen LogP contribution in [0.2, 0.25) is 10.0 Å². The quantitative estimate of drug-likeness (QED) is 0.0256. The number of urea groups is 1. The second kappa shape index (κ2) is 43.5. The number of aliphatic hydroxyl groups excluding tert-OH is 2. The lowest BCUT2D eigenvalue weighted by molar-refractivity contribution is -0.159. The lowest BCUT2D eigenvalue weighted by atomic mass is 9.84. The molecule has 0 radical (unpaired) electrons. The fraction of sp³-hybridized carbons (Fsp3) is 0.500. The maximum absolute atomic E-state index is 14.6. The first-order chi connectivity index (χ1) is 60.2. The fourth-order valence-electron chi connectivity index (χ4n) is 15.6. The van der Waals surface area contributed by atoms with Gasteiger partial charge in [-0.05, 0) is 193 Å². The summed E-state index contributed by atoms with van der Waals surface area (Å²) in [5.41, 5.74) is 15.0. The number of rotatable bonds is 23. The van der Waals surface area contributed by atoms with Crippen molar-refractivity contribution in [2.24, 2.45) is 32.9 Å². The number of aliphatic imine (C=N–C) groups is 1. The summed E-state index contributed by atoms with van der Waals surface area (Å²) in [5.74, 6) is -0.843. The Bertz CT molecular complexity index is 5150. The van der Waals surface area contributed by atoms with Gasteiger partial charge in [0, 0.05) is 85.6 Å². The van der Waals surface area contributed by atoms with Crippen LogP contribution in [0.1, 0.15) is 231 Å². The minimum absolute atomic E-state index is 0.0220. The average molecular weight is 1830 g/mol. The molecule has 3 fully saturated rings. The molecule has 0 aliphatic carbocycles. The summed E-state index contributed by atoms with van der Waals surface area (Å²) < 4.78 is 17.9. The third kappa shape index (κ3) is 28.5. The number of nitrogens with zero attached hydrogens (tertiary/aromatic N) is 7. The number of Topliss-reactive ketones (excluding diaryl/α,β-unsaturated/α-hetero) is 1. The number of likely N-dealkylation sites (tertiary alicyclic amines) is 1. The van der Waals surface area contributed by atoms with Crippen LogP contribution in [0.15, 0.2) is 150 Å². The summed E-state index contributed by atoms with van der Waals surface area (Å²) in [6, 6.07) is 38.9. The number of ketones is 1. The Hall–Kier alpha value is -10.4. The van der Waals surface area contributed by atoms with Crippen molar-refractivity contribution in [3.8, 4) is 21.9 Å². The molecular formula is C100H131Cl2N11O15S. The summed E-state index contributed by atoms with van der Waals surface area (Å²) in [4.78, 5) is 146. The molecule has 0 saturated carbocycles. The second-order valence-electron chi connectivity index (χ2n) is 39.8. The number of halogens is 2. The van der Waals surface area contributed by atoms with Crippen LogP contribution in [-0.4, -0.2) is 198 Å². The molecule has 0 bridgehead atoms. The van der Waals surface area contributed by atoms with E-state index in [9.17, 15) is 58.2 Å². The third-order valence-corrected chi connectivity index (χ3v) is 23.6. The minimum atomic E-state index is -1.41. The third-order valence-electron chi connectivity index (χ3n) is 22.1. The highest BCUT2D eigenvalue weighted by Crippen LogP contribution is 2.47. The molecular weight excluding hydrogens is 1700 g/mol. The van der Waals surface area contributed by atoms with E-state index in [-0.39, 0.29) is 97.0 Å². The number of amides is 9. The van der Waals surface area contributed by atoms with E-state index in [0.717, 1.165) is 55.9 Å². The lowest BCUT2D eigenvalue weighted by Crippen LogP contribution is -2.58. The van der Waals surface area contributed by atoms with Crippen LogP contribution >= 0.6 is 34.5 Å². The molecule has 9 amide bonds. The number of hydrogen-bond acceptors (Lipinski definition) is 19. The van der Waals surface area contributed by atoms with E-state index in [2.05, 4.69) is 47.8 Å². The molecule has 5 aliphatic heterocycles. The van der Waals surface area contributed by atoms with Crippen LogP contribution in [0.3, 0.4) is 0 Å². The van der Waals surface area contributed by atoms with E-state index >= 15 is 0 Å². The maximum Gasteiger partial charge on any atom is 0.329 e. The molecule has 6 aromatic carbocycles. The Balaban J connectivity index is 0.000000200. The number of nitrogens with two attached hydrogens (primary N) is 1. The highest BCUT2D eigenvalue weighted by Gasteiger charge is 2.48. The number of ether oxygens (including phenoxy) is 3. The van der Waals surface area contributed by atoms with Gasteiger partial charge in [0.15, 0.2) is 5.78 Å². The van der Waals surface area contributed by atoms with Gasteiger partial charge in [0.25, 0.3) is 11.8 Å². The molecule has 129 heavy (non-hydrogen) atoms. The van der Waals surface area contributed by atoms with Crippen LogP contribution in [0.4, 0.5) is 4.79 Å². The molecule has 29 heteroatoms. The van der Waals surface area contributed by atoms with Crippen molar-refractivity contribution in [1.82, 2.24) is 45.4 Å². The van der Waals surface area contributed by atoms with Crippen molar-refractivity contribution < 1.29 is 72.4 Å². The van der Waals surface area contributed by atoms with Crippen LogP contribution in [0, 0.1) is 29.1 Å². The van der Waals surface area contributed by atoms with E-state index in [1.165, 1.54) is 4.90 Å². The van der Waals surface area contributed by atoms with Gasteiger partial charge in [0.2, 0.25) is 29.5 Å². The predicted molar refractivity (Wildman–Crippen MR) is 504 cm³/mol. The summed E-state index contributed by atoms with van der Waals surface area (Å²) in [6.45, 7) is 39.9. The zero-order chi connectivity index (χ0) is 95.3. The van der Waals surface area contributed by atoms with Crippen molar-refractivity contribution in [3.05, 3.63) is 205 Å². The van der Waals surface area contributed by atoms with Crippen molar-refractivity contribution >= 4 is 99.5 Å². The number of amidine groups is 1. The maximum atomic E-state index is 14.6. The van der Waals surface area contributed by atoms with Crippen LogP contribution < -0.4 is 31.2 Å². The molecule has 3 saturated heterocycles. The number of carbonyl (C=O) groups is 10. The topological polar surface area (TPSA) is 342 Å². The SMILES string of the molecule is CC(C)(C)Cc1cccc2c1CN(C1CCC(=O)NC1=O)C2=O.CC(C)C[C@H](NC(=O)[C@@H](O)[C@H](N)Cc1ccccc1)C(=O)OC(C)(C)C.CC(C)Oc1cc(OC(C)(C)C)ccc1C1=N[C@@H](c2ccc(Cl)cc2)[C@@H](c2ccc(Cl)cc2)N1C(=O)N1CCN(C)C(=O)C1.Cc1ncsc1-c1ccc(CCC(=O)C2C[C@@H](O)CN2C(=O)[C@@H](NC(=O)C(C)(C)C)C(C)(C)C)cc1. The fourth-order valence-corrected chi connectivity index (χ4v) is 16.7. The Kier molecular flexibility index (Phi) is 34.5. The number of aryl methyl sites for hydroxylation is 2. The van der Waals surface area contributed by atoms with Gasteiger partial charge in [-0.2, -0.15) is 0 Å². The molecule has 696 valence electrons. The zero-order valence-electron chi connectivity index (χ0n) is 78.5. The average Bonchev–Trinajstić information content (AvgIpc) is 1.60. The number of likely N-dealkylation sites (N-methyl/N-ethyl adjacent to an activating group) is 1. The van der Waals surface area contributed by atoms with Crippen molar-refractivity contribution in [2.45, 2.75) is 268 Å². The van der Waals surface area contributed by atoms with Gasteiger partial charge in [-0.15, -0.1) is 11.3 Å². The summed E-state index contributed by atoms with van der Waals surface area (Å²) in [5, 5.41) is 29.6. The number of aromatic nitrogens is 1. The van der Waals surface area contributed by atoms with E-state index in [1.807, 2.05) is 215 Å². The Morgan fingerprint density at radius 2 is 1.36 bits per heavy atom. The van der Waals surface area contributed by atoms with Gasteiger partial charge in [-0.1, -0.05) is 190 Å². The number of carbonyl (C=O) groups excluding carboxylic acids is 10. The monoisotopic (exact) mass is 1830 g/mol. The zero-order valence-corrected chi connectivity index (χ0v) is 80.8. The second-order valence-corrected chi connectivity index (χ2v) is 41.6. The Morgan fingerprint density at radius 3 is 1.92 bits per heavy atom. The number of hydrogen-bond donors (Lipinski definition) is 6. The van der Waals surface area contributed by atoms with Crippen LogP contribution in [-0.2, 0) is 68.9 Å². The van der Waals surface area contributed by atoms with E-state index in [1.54, 1.807) is 79.5 Å². The number of benzene rings is 6. The number of piperidine rings is 1. The number of β-amino-alcohol motifs (C(OH)–C–C–N with tert-alkyl or cyclic N) is 1. The molecule has 1 aromatic heterocycles. The molecule has 7 N–H and O–H groups in total. The number of nitrogens with one attached hydrogen (secondary N) is 3. The number of piperazine rings is 1. The van der Waals surface area contributed by atoms with E-state index < -0.39 is 88.4 Å². The molecule has 12 rings (SSSR count). The first kappa shape index (κ1) is 102. The summed E-state index contributed by atoms with van der Waals surface area (Å²) in [6.07, 6.45) is 1.07. The van der Waals surface area contributed by atoms with Gasteiger partial charge >= 0.3 is 12.0 Å². The highest BCUT2D eigenvalue weighted by molar-refractivity contribution is 7.13. The van der Waals surface area contributed by atoms with Gasteiger partial charge in [0.05, 0.1) is 45.9 Å². The van der Waals surface area contributed by atoms with Gasteiger partial charge in [0.1, 0.15) is 65.4 Å². The van der Waals surface area contributed by atoms with Crippen LogP contribution in [0.5, 0.6) is 11.5 Å². The molecule has 9 atom stereocenters. The molecule has 26 nitrogen and oxygen atoms in total. The normalized spacial score (nSPS) is 18.7. The van der Waals surface area contributed by atoms with Crippen molar-refractivity contribution in [2.75, 3.05) is 33.2 Å². The molecule has 2 unspecified atom stereocenters. The Labute approximate surface area is 774 Å². The van der Waals surface area contributed by atoms with Gasteiger partial charge in [-0.25, -0.2) is 14.6 Å². The van der Waals surface area contributed by atoms with Crippen molar-refractivity contribution in [1.29, 1.82) is 0 Å². The highest BCUT2D eigenvalue weighted by atomic mass is 35.5. The standard InChI is InChI=1S/C34H38Cl2N4O4.C28H39N3O4S.C20H32N2O4.C18H22N2O3/c1-21(2)43-28-19-26(44-34(3,4)5)15-16-27(28)32-37-30(22-7-11-24(35)12-8-22)31(23-9-13-25(36)14-10-23)40(32)33(42)39-18-17-38(6)29(41)20-39;1-17-23(36-16-29-17)19-11-8-18(9-12-19)10-13-22(33)21-14-20(32)15-31(21)25(34)24(27(2,3)4)30-26(35)28(5,6)7;1-13(2)11-16(19(25)26-20(3,4)5)22-18(24)17(23)15(21)12-14-9-7-6-8-10-14;1-18(2,3)9-11-5-4-6-12-13(11)10-20(17(12)23)14-7-8-15(21)19-16(14)22/h7-16,19,21,30-31H,17-18,20H2,1-6H3;8-9,11-12,16,20-21,24,32H,10,13-15H2,1-7H3,(H,30,35);6-10,13,15-17,23H,11-12,21H2,1-5H3,(H,22,24);4-6,14H,7-10H2,1-3H3,(H,19,21,22)/t30-,31+;20-,21?,24-;15-,16+,17+;/m011./s1. The smallest absolute Gasteiger partial charge is 0.329 e. The number of aliphatic hydroxyl groups is 2. The number of esters is 1. The first-order valence-electron chi connectivity index (χ1n) is 44.2. The Morgan fingerprint density at radius 1 is 0.729 bits per heavy atom.